The molecule has 0 radical (unpaired) electrons. The molecule has 0 saturated carbocycles. The molecule has 0 fully saturated rings. The van der Waals surface area contributed by atoms with Gasteiger partial charge < -0.3 is 15.4 Å². The van der Waals surface area contributed by atoms with Crippen LogP contribution in [0.1, 0.15) is 11.1 Å². The van der Waals surface area contributed by atoms with Gasteiger partial charge in [-0.1, -0.05) is 18.2 Å². The van der Waals surface area contributed by atoms with Crippen molar-refractivity contribution in [2.24, 2.45) is 5.73 Å². The molecule has 5 heteroatoms. The van der Waals surface area contributed by atoms with E-state index < -0.39 is 5.82 Å². The number of rotatable bonds is 5. The van der Waals surface area contributed by atoms with Crippen molar-refractivity contribution < 1.29 is 9.13 Å². The molecule has 0 aromatic heterocycles. The summed E-state index contributed by atoms with van der Waals surface area (Å²) in [7, 11) is 3.52. The lowest BCUT2D eigenvalue weighted by Gasteiger charge is -2.23. The van der Waals surface area contributed by atoms with Crippen molar-refractivity contribution >= 4 is 11.5 Å². The Morgan fingerprint density at radius 2 is 2.00 bits per heavy atom. The third kappa shape index (κ3) is 3.31. The minimum Gasteiger partial charge on any atom is -0.495 e. The molecule has 0 atom stereocenters. The SMILES string of the molecule is COc1ccccc1N(C)Cc1ccc(F)cc1C(=N)N. The van der Waals surface area contributed by atoms with E-state index in [0.717, 1.165) is 17.0 Å². The summed E-state index contributed by atoms with van der Waals surface area (Å²) in [5, 5.41) is 7.57. The topological polar surface area (TPSA) is 62.3 Å². The number of methoxy groups -OCH3 is 1. The Morgan fingerprint density at radius 3 is 2.67 bits per heavy atom. The van der Waals surface area contributed by atoms with E-state index in [1.807, 2.05) is 36.2 Å². The molecule has 0 unspecified atom stereocenters. The lowest BCUT2D eigenvalue weighted by molar-refractivity contribution is 0.415. The van der Waals surface area contributed by atoms with Crippen LogP contribution < -0.4 is 15.4 Å². The molecule has 21 heavy (non-hydrogen) atoms. The highest BCUT2D eigenvalue weighted by Crippen LogP contribution is 2.28. The van der Waals surface area contributed by atoms with Crippen molar-refractivity contribution in [3.63, 3.8) is 0 Å². The highest BCUT2D eigenvalue weighted by Gasteiger charge is 2.12. The first kappa shape index (κ1) is 14.8. The molecule has 0 aliphatic carbocycles. The molecule has 0 bridgehead atoms. The maximum atomic E-state index is 13.3. The fourth-order valence-corrected chi connectivity index (χ4v) is 2.22. The molecule has 4 nitrogen and oxygen atoms in total. The van der Waals surface area contributed by atoms with Crippen LogP contribution in [0.5, 0.6) is 5.75 Å². The van der Waals surface area contributed by atoms with Crippen molar-refractivity contribution in [3.8, 4) is 5.75 Å². The number of nitrogens with two attached hydrogens (primary N) is 1. The molecule has 2 rings (SSSR count). The van der Waals surface area contributed by atoms with Crippen LogP contribution in [0.25, 0.3) is 0 Å². The maximum Gasteiger partial charge on any atom is 0.142 e. The van der Waals surface area contributed by atoms with Crippen molar-refractivity contribution in [3.05, 3.63) is 59.4 Å². The Balaban J connectivity index is 2.31. The molecule has 0 amide bonds. The van der Waals surface area contributed by atoms with E-state index in [1.54, 1.807) is 13.2 Å². The number of halogens is 1. The maximum absolute atomic E-state index is 13.3. The summed E-state index contributed by atoms with van der Waals surface area (Å²) < 4.78 is 18.6. The molecule has 0 spiro atoms. The molecular weight excluding hydrogens is 269 g/mol. The van der Waals surface area contributed by atoms with Gasteiger partial charge in [0.15, 0.2) is 0 Å². The zero-order chi connectivity index (χ0) is 15.4. The number of amidine groups is 1. The van der Waals surface area contributed by atoms with Crippen molar-refractivity contribution in [1.82, 2.24) is 0 Å². The third-order valence-corrected chi connectivity index (χ3v) is 3.27. The predicted octanol–water partition coefficient (Wildman–Crippen LogP) is 2.75. The molecular formula is C16H18FN3O. The average molecular weight is 287 g/mol. The first-order valence-corrected chi connectivity index (χ1v) is 6.50. The molecule has 0 heterocycles. The summed E-state index contributed by atoms with van der Waals surface area (Å²) in [5.74, 6) is 0.216. The zero-order valence-corrected chi connectivity index (χ0v) is 12.1. The Bertz CT molecular complexity index is 658. The van der Waals surface area contributed by atoms with Gasteiger partial charge in [-0.3, -0.25) is 5.41 Å². The van der Waals surface area contributed by atoms with Crippen molar-refractivity contribution in [2.75, 3.05) is 19.1 Å². The number of para-hydroxylation sites is 2. The van der Waals surface area contributed by atoms with Crippen LogP contribution in [0.4, 0.5) is 10.1 Å². The van der Waals surface area contributed by atoms with Crippen LogP contribution in [0.15, 0.2) is 42.5 Å². The van der Waals surface area contributed by atoms with Gasteiger partial charge in [0.1, 0.15) is 17.4 Å². The fourth-order valence-electron chi connectivity index (χ4n) is 2.22. The molecule has 0 aliphatic heterocycles. The monoisotopic (exact) mass is 287 g/mol. The summed E-state index contributed by atoms with van der Waals surface area (Å²) in [4.78, 5) is 1.97. The summed E-state index contributed by atoms with van der Waals surface area (Å²) in [6, 6.07) is 11.9. The lowest BCUT2D eigenvalue weighted by atomic mass is 10.1. The number of anilines is 1. The number of nitrogens with one attached hydrogen (secondary N) is 1. The van der Waals surface area contributed by atoms with Gasteiger partial charge in [-0.05, 0) is 29.8 Å². The Kier molecular flexibility index (Phi) is 4.42. The summed E-state index contributed by atoms with van der Waals surface area (Å²) in [6.45, 7) is 0.496. The summed E-state index contributed by atoms with van der Waals surface area (Å²) in [6.07, 6.45) is 0. The van der Waals surface area contributed by atoms with E-state index in [9.17, 15) is 4.39 Å². The number of nitrogens with zero attached hydrogens (tertiary/aromatic N) is 1. The van der Waals surface area contributed by atoms with Gasteiger partial charge in [-0.15, -0.1) is 0 Å². The lowest BCUT2D eigenvalue weighted by Crippen LogP contribution is -2.21. The van der Waals surface area contributed by atoms with Crippen molar-refractivity contribution in [2.45, 2.75) is 6.54 Å². The third-order valence-electron chi connectivity index (χ3n) is 3.27. The highest BCUT2D eigenvalue weighted by molar-refractivity contribution is 5.96. The Hall–Kier alpha value is -2.56. The Morgan fingerprint density at radius 1 is 1.29 bits per heavy atom. The molecule has 0 aliphatic rings. The number of benzene rings is 2. The van der Waals surface area contributed by atoms with Gasteiger partial charge in [0.25, 0.3) is 0 Å². The van der Waals surface area contributed by atoms with E-state index in [0.29, 0.717) is 12.1 Å². The fraction of sp³-hybridized carbons (Fsp3) is 0.188. The number of nitrogen functional groups attached to an aromatic ring is 1. The van der Waals surface area contributed by atoms with Gasteiger partial charge in [-0.25, -0.2) is 4.39 Å². The second kappa shape index (κ2) is 6.26. The largest absolute Gasteiger partial charge is 0.495 e. The average Bonchev–Trinajstić information content (AvgIpc) is 2.48. The van der Waals surface area contributed by atoms with Crippen molar-refractivity contribution in [1.29, 1.82) is 5.41 Å². The van der Waals surface area contributed by atoms with Crippen LogP contribution in [0.3, 0.4) is 0 Å². The van der Waals surface area contributed by atoms with E-state index in [2.05, 4.69) is 0 Å². The highest BCUT2D eigenvalue weighted by atomic mass is 19.1. The van der Waals surface area contributed by atoms with Crippen LogP contribution in [0, 0.1) is 11.2 Å². The minimum atomic E-state index is -0.399. The smallest absolute Gasteiger partial charge is 0.142 e. The van der Waals surface area contributed by atoms with E-state index >= 15 is 0 Å². The zero-order valence-electron chi connectivity index (χ0n) is 12.1. The van der Waals surface area contributed by atoms with Crippen LogP contribution in [0.2, 0.25) is 0 Å². The van der Waals surface area contributed by atoms with Crippen LogP contribution in [-0.2, 0) is 6.54 Å². The molecule has 3 N–H and O–H groups in total. The van der Waals surface area contributed by atoms with Gasteiger partial charge in [0, 0.05) is 19.2 Å². The first-order chi connectivity index (χ1) is 10.0. The first-order valence-electron chi connectivity index (χ1n) is 6.50. The summed E-state index contributed by atoms with van der Waals surface area (Å²) >= 11 is 0. The normalized spacial score (nSPS) is 10.2. The number of hydrogen-bond donors (Lipinski definition) is 2. The summed E-state index contributed by atoms with van der Waals surface area (Å²) in [5.41, 5.74) is 7.65. The number of ether oxygens (including phenoxy) is 1. The molecule has 110 valence electrons. The van der Waals surface area contributed by atoms with Gasteiger partial charge in [-0.2, -0.15) is 0 Å². The van der Waals surface area contributed by atoms with E-state index in [1.165, 1.54) is 12.1 Å². The van der Waals surface area contributed by atoms with Crippen LogP contribution >= 0.6 is 0 Å². The second-order valence-corrected chi connectivity index (χ2v) is 4.74. The Labute approximate surface area is 123 Å². The van der Waals surface area contributed by atoms with Gasteiger partial charge in [0.2, 0.25) is 0 Å². The van der Waals surface area contributed by atoms with E-state index in [-0.39, 0.29) is 5.84 Å². The van der Waals surface area contributed by atoms with E-state index in [4.69, 9.17) is 15.9 Å². The van der Waals surface area contributed by atoms with Crippen LogP contribution in [-0.4, -0.2) is 20.0 Å². The van der Waals surface area contributed by atoms with Gasteiger partial charge in [0.05, 0.1) is 12.8 Å². The standard InChI is InChI=1S/C16H18FN3O/c1-20(14-5-3-4-6-15(14)21-2)10-11-7-8-12(17)9-13(11)16(18)19/h3-9H,10H2,1-2H3,(H3,18,19). The molecule has 0 saturated heterocycles. The molecule has 2 aromatic carbocycles. The molecule has 2 aromatic rings. The predicted molar refractivity (Wildman–Crippen MR) is 82.5 cm³/mol. The van der Waals surface area contributed by atoms with Gasteiger partial charge >= 0.3 is 0 Å². The quantitative estimate of drug-likeness (QED) is 0.656. The number of hydrogen-bond acceptors (Lipinski definition) is 3. The second-order valence-electron chi connectivity index (χ2n) is 4.74. The minimum absolute atomic E-state index is 0.141.